The zero-order valence-corrected chi connectivity index (χ0v) is 12.5. The van der Waals surface area contributed by atoms with Crippen LogP contribution in [0, 0.1) is 6.92 Å². The molecule has 10 heteroatoms. The number of nitrogen functional groups attached to an aromatic ring is 1. The third kappa shape index (κ3) is 2.74. The van der Waals surface area contributed by atoms with Gasteiger partial charge in [0.15, 0.2) is 0 Å². The molecule has 3 rings (SSSR count). The van der Waals surface area contributed by atoms with E-state index in [9.17, 15) is 13.2 Å². The summed E-state index contributed by atoms with van der Waals surface area (Å²) in [6.07, 6.45) is -0.908. The Hall–Kier alpha value is -1.84. The molecule has 0 fully saturated rings. The van der Waals surface area contributed by atoms with Gasteiger partial charge in [0.2, 0.25) is 5.16 Å². The van der Waals surface area contributed by atoms with Crippen LogP contribution in [0.3, 0.4) is 0 Å². The second-order valence-corrected chi connectivity index (χ2v) is 5.94. The van der Waals surface area contributed by atoms with Crippen LogP contribution < -0.4 is 5.84 Å². The van der Waals surface area contributed by atoms with Gasteiger partial charge >= 0.3 is 6.18 Å². The molecule has 1 aliphatic rings. The van der Waals surface area contributed by atoms with Crippen LogP contribution in [0.5, 0.6) is 0 Å². The van der Waals surface area contributed by atoms with Crippen molar-refractivity contribution in [3.05, 3.63) is 22.9 Å². The van der Waals surface area contributed by atoms with E-state index in [4.69, 9.17) is 5.84 Å². The lowest BCUT2D eigenvalue weighted by Crippen LogP contribution is -2.21. The Morgan fingerprint density at radius 2 is 1.86 bits per heavy atom. The number of rotatable bonds is 2. The molecule has 0 aromatic carbocycles. The number of nitrogens with two attached hydrogens (primary N) is 1. The number of halogens is 3. The van der Waals surface area contributed by atoms with Crippen LogP contribution in [0.15, 0.2) is 10.2 Å². The third-order valence-corrected chi connectivity index (χ3v) is 4.35. The van der Waals surface area contributed by atoms with Crippen molar-refractivity contribution in [2.24, 2.45) is 0 Å². The Morgan fingerprint density at radius 3 is 2.55 bits per heavy atom. The van der Waals surface area contributed by atoms with Crippen molar-refractivity contribution in [3.63, 3.8) is 0 Å². The maximum Gasteiger partial charge on any atom is 0.453 e. The van der Waals surface area contributed by atoms with Gasteiger partial charge < -0.3 is 5.84 Å². The molecule has 2 N–H and O–H groups in total. The number of fused-ring (bicyclic) bond motifs is 1. The highest BCUT2D eigenvalue weighted by atomic mass is 32.2. The van der Waals surface area contributed by atoms with Gasteiger partial charge in [-0.2, -0.15) is 13.2 Å². The van der Waals surface area contributed by atoms with Crippen molar-refractivity contribution in [1.82, 2.24) is 24.8 Å². The molecule has 22 heavy (non-hydrogen) atoms. The molecule has 0 radical (unpaired) electrons. The average Bonchev–Trinajstić information content (AvgIpc) is 2.80. The van der Waals surface area contributed by atoms with E-state index in [2.05, 4.69) is 20.2 Å². The smallest absolute Gasteiger partial charge is 0.335 e. The third-order valence-electron chi connectivity index (χ3n) is 3.36. The summed E-state index contributed by atoms with van der Waals surface area (Å²) in [6.45, 7) is 1.76. The van der Waals surface area contributed by atoms with Crippen LogP contribution in [-0.4, -0.2) is 24.8 Å². The van der Waals surface area contributed by atoms with Crippen LogP contribution in [0.1, 0.15) is 35.7 Å². The van der Waals surface area contributed by atoms with E-state index in [1.54, 1.807) is 6.92 Å². The van der Waals surface area contributed by atoms with Crippen molar-refractivity contribution in [2.45, 2.75) is 49.0 Å². The monoisotopic (exact) mass is 330 g/mol. The summed E-state index contributed by atoms with van der Waals surface area (Å²) in [7, 11) is 0. The Labute approximate surface area is 128 Å². The molecular weight excluding hydrogens is 317 g/mol. The van der Waals surface area contributed by atoms with Gasteiger partial charge in [0.25, 0.3) is 5.82 Å². The van der Waals surface area contributed by atoms with Gasteiger partial charge in [-0.05, 0) is 44.4 Å². The van der Waals surface area contributed by atoms with Gasteiger partial charge in [0.1, 0.15) is 10.9 Å². The summed E-state index contributed by atoms with van der Waals surface area (Å²) in [5.41, 5.74) is 1.93. The van der Waals surface area contributed by atoms with E-state index in [1.165, 1.54) is 0 Å². The molecule has 0 spiro atoms. The molecule has 1 aliphatic carbocycles. The molecule has 0 amide bonds. The first-order chi connectivity index (χ1) is 10.4. The van der Waals surface area contributed by atoms with Gasteiger partial charge in [-0.25, -0.2) is 14.6 Å². The summed E-state index contributed by atoms with van der Waals surface area (Å²) in [4.78, 5) is 8.73. The summed E-state index contributed by atoms with van der Waals surface area (Å²) in [6, 6.07) is 0. The van der Waals surface area contributed by atoms with E-state index in [-0.39, 0.29) is 5.16 Å². The number of aryl methyl sites for hydroxylation is 2. The van der Waals surface area contributed by atoms with Gasteiger partial charge in [0.05, 0.1) is 0 Å². The lowest BCUT2D eigenvalue weighted by Gasteiger charge is -2.17. The first-order valence-corrected chi connectivity index (χ1v) is 7.50. The van der Waals surface area contributed by atoms with Crippen LogP contribution in [0.2, 0.25) is 0 Å². The Morgan fingerprint density at radius 1 is 1.14 bits per heavy atom. The van der Waals surface area contributed by atoms with E-state index in [1.807, 2.05) is 0 Å². The van der Waals surface area contributed by atoms with Crippen LogP contribution in [-0.2, 0) is 19.0 Å². The van der Waals surface area contributed by atoms with Crippen molar-refractivity contribution in [2.75, 3.05) is 5.84 Å². The lowest BCUT2D eigenvalue weighted by molar-refractivity contribution is -0.146. The minimum Gasteiger partial charge on any atom is -0.335 e. The predicted molar refractivity (Wildman–Crippen MR) is 72.7 cm³/mol. The fraction of sp³-hybridized carbons (Fsp3) is 0.500. The normalized spacial score (nSPS) is 14.9. The van der Waals surface area contributed by atoms with Gasteiger partial charge in [-0.15, -0.1) is 10.2 Å². The molecule has 0 saturated heterocycles. The molecule has 0 saturated carbocycles. The molecule has 2 heterocycles. The predicted octanol–water partition coefficient (Wildman–Crippen LogP) is 2.14. The number of hydrogen-bond donors (Lipinski definition) is 1. The van der Waals surface area contributed by atoms with Crippen LogP contribution in [0.25, 0.3) is 0 Å². The fourth-order valence-corrected chi connectivity index (χ4v) is 3.35. The molecule has 0 unspecified atom stereocenters. The van der Waals surface area contributed by atoms with Crippen molar-refractivity contribution >= 4 is 11.8 Å². The summed E-state index contributed by atoms with van der Waals surface area (Å²) < 4.78 is 38.6. The number of nitrogens with zero attached hydrogens (tertiary/aromatic N) is 5. The highest BCUT2D eigenvalue weighted by Gasteiger charge is 2.38. The Bertz CT molecular complexity index is 712. The second kappa shape index (κ2) is 5.41. The highest BCUT2D eigenvalue weighted by molar-refractivity contribution is 7.99. The zero-order valence-electron chi connectivity index (χ0n) is 11.7. The number of aromatic nitrogens is 5. The molecule has 0 aliphatic heterocycles. The molecule has 0 bridgehead atoms. The van der Waals surface area contributed by atoms with E-state index < -0.39 is 12.0 Å². The number of hydrogen-bond acceptors (Lipinski definition) is 6. The van der Waals surface area contributed by atoms with Gasteiger partial charge in [-0.1, -0.05) is 0 Å². The van der Waals surface area contributed by atoms with Gasteiger partial charge in [-0.3, -0.25) is 0 Å². The molecular formula is C12H13F3N6S. The SMILES string of the molecule is Cc1nc2c(c(Sc3nnc(C(F)(F)F)n3N)n1)CCCC2. The molecule has 6 nitrogen and oxygen atoms in total. The van der Waals surface area contributed by atoms with Crippen molar-refractivity contribution < 1.29 is 13.2 Å². The maximum absolute atomic E-state index is 12.7. The van der Waals surface area contributed by atoms with Crippen LogP contribution >= 0.6 is 11.8 Å². The van der Waals surface area contributed by atoms with Crippen LogP contribution in [0.4, 0.5) is 13.2 Å². The van der Waals surface area contributed by atoms with Gasteiger partial charge in [0, 0.05) is 11.3 Å². The van der Waals surface area contributed by atoms with Crippen molar-refractivity contribution in [3.8, 4) is 0 Å². The highest BCUT2D eigenvalue weighted by Crippen LogP contribution is 2.34. The first kappa shape index (κ1) is 15.1. The van der Waals surface area contributed by atoms with E-state index >= 15 is 0 Å². The Balaban J connectivity index is 1.97. The quantitative estimate of drug-likeness (QED) is 0.671. The first-order valence-electron chi connectivity index (χ1n) is 6.68. The average molecular weight is 330 g/mol. The zero-order chi connectivity index (χ0) is 15.9. The standard InChI is InChI=1S/C12H13F3N6S/c1-6-17-8-5-3-2-4-7(8)9(18-6)22-11-20-19-10(21(11)16)12(13,14)15/h2-5,16H2,1H3. The fourth-order valence-electron chi connectivity index (χ4n) is 2.39. The maximum atomic E-state index is 12.7. The Kier molecular flexibility index (Phi) is 3.71. The van der Waals surface area contributed by atoms with E-state index in [0.29, 0.717) is 15.5 Å². The summed E-state index contributed by atoms with van der Waals surface area (Å²) in [5, 5.41) is 7.21. The minimum absolute atomic E-state index is 0.0433. The summed E-state index contributed by atoms with van der Waals surface area (Å²) in [5.74, 6) is 4.82. The molecule has 2 aromatic rings. The van der Waals surface area contributed by atoms with E-state index in [0.717, 1.165) is 48.7 Å². The number of alkyl halides is 3. The summed E-state index contributed by atoms with van der Waals surface area (Å²) >= 11 is 0.993. The molecule has 0 atom stereocenters. The molecule has 2 aromatic heterocycles. The lowest BCUT2D eigenvalue weighted by atomic mass is 9.97. The second-order valence-electron chi connectivity index (χ2n) is 4.98. The molecule has 118 valence electrons. The van der Waals surface area contributed by atoms with Crippen molar-refractivity contribution in [1.29, 1.82) is 0 Å². The minimum atomic E-state index is -4.64. The topological polar surface area (TPSA) is 82.5 Å². The largest absolute Gasteiger partial charge is 0.453 e.